The van der Waals surface area contributed by atoms with Crippen molar-refractivity contribution in [1.29, 1.82) is 0 Å². The molecule has 0 saturated heterocycles. The summed E-state index contributed by atoms with van der Waals surface area (Å²) in [6, 6.07) is 0.413. The van der Waals surface area contributed by atoms with Gasteiger partial charge in [-0.2, -0.15) is 0 Å². The monoisotopic (exact) mass is 265 g/mol. The number of thioether (sulfide) groups is 1. The van der Waals surface area contributed by atoms with Gasteiger partial charge in [-0.25, -0.2) is 4.98 Å². The van der Waals surface area contributed by atoms with Crippen LogP contribution in [0.15, 0.2) is 11.5 Å². The molecule has 0 saturated carbocycles. The van der Waals surface area contributed by atoms with Crippen LogP contribution in [-0.4, -0.2) is 21.8 Å². The molecule has 3 nitrogen and oxygen atoms in total. The van der Waals surface area contributed by atoms with Crippen LogP contribution >= 0.6 is 23.1 Å². The number of nitrogens with zero attached hydrogens (tertiary/aromatic N) is 1. The number of aryl methyl sites for hydroxylation is 2. The number of imidazole rings is 1. The van der Waals surface area contributed by atoms with Gasteiger partial charge in [0.15, 0.2) is 0 Å². The van der Waals surface area contributed by atoms with E-state index in [1.807, 2.05) is 11.8 Å². The highest BCUT2D eigenvalue weighted by Gasteiger charge is 2.14. The smallest absolute Gasteiger partial charge is 0.201 e. The van der Waals surface area contributed by atoms with Crippen LogP contribution in [-0.2, 0) is 0 Å². The minimum atomic E-state index is 0.413. The maximum absolute atomic E-state index is 4.63. The molecule has 0 aliphatic carbocycles. The zero-order chi connectivity index (χ0) is 11.8. The largest absolute Gasteiger partial charge is 0.350 e. The van der Waals surface area contributed by atoms with Crippen molar-refractivity contribution in [2.45, 2.75) is 26.3 Å². The Balaban J connectivity index is 1.88. The standard InChI is InChI=1S/C12H15N3S2/c1-7-10-11(8(2)17-7)15-12(14-10)13-9-3-5-16-6-4-9/h3,5,9H,4,6H2,1-2H3,(H2,13,14,15). The van der Waals surface area contributed by atoms with Gasteiger partial charge in [0.05, 0.1) is 5.52 Å². The summed E-state index contributed by atoms with van der Waals surface area (Å²) < 4.78 is 0. The van der Waals surface area contributed by atoms with Crippen LogP contribution in [0, 0.1) is 13.8 Å². The molecule has 0 aromatic carbocycles. The van der Waals surface area contributed by atoms with Gasteiger partial charge in [0.25, 0.3) is 0 Å². The Morgan fingerprint density at radius 1 is 1.41 bits per heavy atom. The number of hydrogen-bond donors (Lipinski definition) is 2. The third kappa shape index (κ3) is 2.09. The minimum absolute atomic E-state index is 0.413. The Morgan fingerprint density at radius 2 is 2.29 bits per heavy atom. The molecule has 2 aromatic heterocycles. The van der Waals surface area contributed by atoms with Crippen molar-refractivity contribution in [3.05, 3.63) is 21.2 Å². The highest BCUT2D eigenvalue weighted by Crippen LogP contribution is 2.29. The van der Waals surface area contributed by atoms with Crippen molar-refractivity contribution in [1.82, 2.24) is 9.97 Å². The summed E-state index contributed by atoms with van der Waals surface area (Å²) in [6.45, 7) is 4.26. The van der Waals surface area contributed by atoms with Crippen LogP contribution in [0.1, 0.15) is 16.2 Å². The summed E-state index contributed by atoms with van der Waals surface area (Å²) in [6.07, 6.45) is 3.37. The van der Waals surface area contributed by atoms with E-state index in [2.05, 4.69) is 40.6 Å². The molecule has 0 spiro atoms. The number of rotatable bonds is 2. The molecule has 0 amide bonds. The molecule has 17 heavy (non-hydrogen) atoms. The van der Waals surface area contributed by atoms with Gasteiger partial charge < -0.3 is 10.3 Å². The number of aromatic amines is 1. The summed E-state index contributed by atoms with van der Waals surface area (Å²) in [5.41, 5.74) is 2.30. The van der Waals surface area contributed by atoms with E-state index in [1.165, 1.54) is 21.0 Å². The van der Waals surface area contributed by atoms with Gasteiger partial charge in [0.1, 0.15) is 5.52 Å². The molecule has 5 heteroatoms. The summed E-state index contributed by atoms with van der Waals surface area (Å²) >= 11 is 3.68. The van der Waals surface area contributed by atoms with Crippen molar-refractivity contribution >= 4 is 40.1 Å². The van der Waals surface area contributed by atoms with E-state index in [0.29, 0.717) is 6.04 Å². The second-order valence-corrected chi connectivity index (χ2v) is 6.70. The maximum Gasteiger partial charge on any atom is 0.201 e. The molecule has 0 fully saturated rings. The fourth-order valence-electron chi connectivity index (χ4n) is 2.09. The molecule has 1 aliphatic heterocycles. The minimum Gasteiger partial charge on any atom is -0.350 e. The molecule has 1 aliphatic rings. The van der Waals surface area contributed by atoms with Crippen LogP contribution in [0.25, 0.3) is 11.0 Å². The first-order valence-electron chi connectivity index (χ1n) is 5.74. The van der Waals surface area contributed by atoms with Gasteiger partial charge in [-0.1, -0.05) is 6.08 Å². The first-order valence-corrected chi connectivity index (χ1v) is 7.61. The number of aromatic nitrogens is 2. The predicted molar refractivity (Wildman–Crippen MR) is 77.1 cm³/mol. The molecular weight excluding hydrogens is 250 g/mol. The second kappa shape index (κ2) is 4.38. The van der Waals surface area contributed by atoms with Crippen LogP contribution in [0.5, 0.6) is 0 Å². The number of H-pyrrole nitrogens is 1. The number of thiophene rings is 1. The van der Waals surface area contributed by atoms with Gasteiger partial charge in [0, 0.05) is 15.8 Å². The molecule has 90 valence electrons. The van der Waals surface area contributed by atoms with Crippen LogP contribution in [0.4, 0.5) is 5.95 Å². The highest BCUT2D eigenvalue weighted by molar-refractivity contribution is 8.02. The van der Waals surface area contributed by atoms with E-state index in [-0.39, 0.29) is 0 Å². The summed E-state index contributed by atoms with van der Waals surface area (Å²) in [7, 11) is 0. The molecule has 0 radical (unpaired) electrons. The molecule has 2 aromatic rings. The Kier molecular flexibility index (Phi) is 2.88. The summed E-state index contributed by atoms with van der Waals surface area (Å²) in [4.78, 5) is 10.6. The fraction of sp³-hybridized carbons (Fsp3) is 0.417. The normalized spacial score (nSPS) is 20.0. The average molecular weight is 265 g/mol. The molecule has 3 rings (SSSR count). The molecular formula is C12H15N3S2. The summed E-state index contributed by atoms with van der Waals surface area (Å²) in [5, 5.41) is 5.62. The van der Waals surface area contributed by atoms with Crippen molar-refractivity contribution in [3.8, 4) is 0 Å². The van der Waals surface area contributed by atoms with Crippen molar-refractivity contribution in [3.63, 3.8) is 0 Å². The van der Waals surface area contributed by atoms with Crippen LogP contribution in [0.2, 0.25) is 0 Å². The third-order valence-corrected chi connectivity index (χ3v) is 4.80. The van der Waals surface area contributed by atoms with E-state index in [1.54, 1.807) is 11.3 Å². The Hall–Kier alpha value is -0.940. The lowest BCUT2D eigenvalue weighted by molar-refractivity contribution is 0.827. The van der Waals surface area contributed by atoms with E-state index in [9.17, 15) is 0 Å². The highest BCUT2D eigenvalue weighted by atomic mass is 32.2. The van der Waals surface area contributed by atoms with Gasteiger partial charge >= 0.3 is 0 Å². The Morgan fingerprint density at radius 3 is 3.00 bits per heavy atom. The van der Waals surface area contributed by atoms with Gasteiger partial charge in [-0.15, -0.1) is 23.1 Å². The van der Waals surface area contributed by atoms with Crippen molar-refractivity contribution < 1.29 is 0 Å². The zero-order valence-electron chi connectivity index (χ0n) is 9.91. The zero-order valence-corrected chi connectivity index (χ0v) is 11.5. The molecule has 1 atom stereocenters. The van der Waals surface area contributed by atoms with Crippen molar-refractivity contribution in [2.24, 2.45) is 0 Å². The van der Waals surface area contributed by atoms with Crippen molar-refractivity contribution in [2.75, 3.05) is 11.1 Å². The third-order valence-electron chi connectivity index (χ3n) is 2.97. The lowest BCUT2D eigenvalue weighted by atomic mass is 10.2. The lowest BCUT2D eigenvalue weighted by Crippen LogP contribution is -2.19. The topological polar surface area (TPSA) is 40.7 Å². The lowest BCUT2D eigenvalue weighted by Gasteiger charge is -2.16. The van der Waals surface area contributed by atoms with E-state index < -0.39 is 0 Å². The van der Waals surface area contributed by atoms with Gasteiger partial charge in [-0.3, -0.25) is 0 Å². The Bertz CT molecular complexity index is 533. The van der Waals surface area contributed by atoms with E-state index in [0.717, 1.165) is 17.9 Å². The average Bonchev–Trinajstić information content (AvgIpc) is 2.83. The van der Waals surface area contributed by atoms with E-state index >= 15 is 0 Å². The number of fused-ring (bicyclic) bond motifs is 1. The van der Waals surface area contributed by atoms with E-state index in [4.69, 9.17) is 0 Å². The molecule has 2 N–H and O–H groups in total. The van der Waals surface area contributed by atoms with Crippen LogP contribution < -0.4 is 5.32 Å². The first kappa shape index (κ1) is 11.2. The number of hydrogen-bond acceptors (Lipinski definition) is 4. The van der Waals surface area contributed by atoms with Crippen LogP contribution in [0.3, 0.4) is 0 Å². The molecule has 3 heterocycles. The Labute approximate surface area is 109 Å². The molecule has 0 bridgehead atoms. The number of nitrogens with one attached hydrogen (secondary N) is 2. The number of anilines is 1. The quantitative estimate of drug-likeness (QED) is 0.870. The van der Waals surface area contributed by atoms with Gasteiger partial charge in [0.2, 0.25) is 5.95 Å². The van der Waals surface area contributed by atoms with Gasteiger partial charge in [-0.05, 0) is 31.4 Å². The molecule has 1 unspecified atom stereocenters. The SMILES string of the molecule is Cc1sc(C)c2[nH]c(NC3C=CSCC3)nc12. The fourth-order valence-corrected chi connectivity index (χ4v) is 3.87. The summed E-state index contributed by atoms with van der Waals surface area (Å²) in [5.74, 6) is 2.08. The first-order chi connectivity index (χ1) is 8.24. The predicted octanol–water partition coefficient (Wildman–Crippen LogP) is 3.67. The maximum atomic E-state index is 4.63. The second-order valence-electron chi connectivity index (χ2n) is 4.26.